The second-order valence-corrected chi connectivity index (χ2v) is 12.4. The number of benzene rings is 3. The fourth-order valence-electron chi connectivity index (χ4n) is 5.29. The number of hydrogen-bond donors (Lipinski definition) is 3. The van der Waals surface area contributed by atoms with Crippen molar-refractivity contribution in [2.24, 2.45) is 0 Å². The summed E-state index contributed by atoms with van der Waals surface area (Å²) in [5.74, 6) is -3.89. The quantitative estimate of drug-likeness (QED) is 0.228. The first-order valence-electron chi connectivity index (χ1n) is 13.6. The number of carbonyl (C=O) groups is 1. The Balaban J connectivity index is 1.33. The Bertz CT molecular complexity index is 1910. The summed E-state index contributed by atoms with van der Waals surface area (Å²) in [6.45, 7) is 2.72. The van der Waals surface area contributed by atoms with Crippen LogP contribution in [-0.4, -0.2) is 50.1 Å². The summed E-state index contributed by atoms with van der Waals surface area (Å²) in [7, 11) is -4.60. The highest BCUT2D eigenvalue weighted by atomic mass is 35.5. The molecule has 6 rings (SSSR count). The normalized spacial score (nSPS) is 16.8. The number of sulfonamides is 1. The first kappa shape index (κ1) is 29.9. The summed E-state index contributed by atoms with van der Waals surface area (Å²) in [5, 5.41) is 6.39. The van der Waals surface area contributed by atoms with Crippen LogP contribution in [0.1, 0.15) is 31.4 Å². The fourth-order valence-corrected chi connectivity index (χ4v) is 6.84. The van der Waals surface area contributed by atoms with E-state index < -0.39 is 61.3 Å². The Labute approximate surface area is 255 Å². The molecule has 3 aromatic carbocycles. The number of esters is 1. The zero-order valence-electron chi connectivity index (χ0n) is 23.1. The summed E-state index contributed by atoms with van der Waals surface area (Å²) < 4.78 is 86.2. The molecule has 2 aliphatic heterocycles. The van der Waals surface area contributed by atoms with Crippen LogP contribution in [0.2, 0.25) is 5.02 Å². The highest BCUT2D eigenvalue weighted by molar-refractivity contribution is 7.92. The largest absolute Gasteiger partial charge is 0.487 e. The second kappa shape index (κ2) is 11.7. The van der Waals surface area contributed by atoms with E-state index in [1.807, 2.05) is 0 Å². The van der Waals surface area contributed by atoms with E-state index in [0.717, 1.165) is 44.1 Å². The molecule has 1 saturated heterocycles. The maximum atomic E-state index is 15.8. The van der Waals surface area contributed by atoms with Crippen LogP contribution in [0, 0.1) is 17.5 Å². The highest BCUT2D eigenvalue weighted by Gasteiger charge is 2.34. The Hall–Kier alpha value is -4.14. The lowest BCUT2D eigenvalue weighted by atomic mass is 10.0. The van der Waals surface area contributed by atoms with E-state index in [9.17, 15) is 13.2 Å². The van der Waals surface area contributed by atoms with Gasteiger partial charge in [-0.15, -0.1) is 0 Å². The molecule has 1 atom stereocenters. The van der Waals surface area contributed by atoms with Gasteiger partial charge in [-0.25, -0.2) is 31.6 Å². The zero-order chi connectivity index (χ0) is 31.2. The zero-order valence-corrected chi connectivity index (χ0v) is 24.7. The molecular weight excluding hydrogens is 623 g/mol. The van der Waals surface area contributed by atoms with Gasteiger partial charge in [0.1, 0.15) is 28.9 Å². The molecule has 230 valence electrons. The van der Waals surface area contributed by atoms with Crippen LogP contribution in [0.3, 0.4) is 0 Å². The monoisotopic (exact) mass is 647 g/mol. The molecule has 0 amide bonds. The van der Waals surface area contributed by atoms with Crippen LogP contribution >= 0.6 is 11.6 Å². The SMILES string of the molecule is CC(=O)O[C@@H]1COc2c1cc(Cl)cc2S(=O)(=O)Nc1ccc(F)c(-c2ccc3nc(NC4CCNCC4)ncc3c2F)c1F. The number of hydrogen-bond acceptors (Lipinski definition) is 9. The molecular formula is C29H25ClF3N5O5S. The van der Waals surface area contributed by atoms with Gasteiger partial charge in [-0.05, 0) is 62.3 Å². The molecule has 0 aliphatic carbocycles. The molecule has 44 heavy (non-hydrogen) atoms. The fraction of sp³-hybridized carbons (Fsp3) is 0.276. The predicted octanol–water partition coefficient (Wildman–Crippen LogP) is 5.33. The number of fused-ring (bicyclic) bond motifs is 2. The minimum Gasteiger partial charge on any atom is -0.487 e. The molecule has 15 heteroatoms. The van der Waals surface area contributed by atoms with Crippen LogP contribution in [0.5, 0.6) is 5.75 Å². The Morgan fingerprint density at radius 3 is 2.64 bits per heavy atom. The van der Waals surface area contributed by atoms with Crippen molar-refractivity contribution in [1.82, 2.24) is 15.3 Å². The summed E-state index contributed by atoms with van der Waals surface area (Å²) in [6.07, 6.45) is 2.07. The Morgan fingerprint density at radius 1 is 1.11 bits per heavy atom. The van der Waals surface area contributed by atoms with E-state index in [1.165, 1.54) is 31.3 Å². The van der Waals surface area contributed by atoms with E-state index in [4.69, 9.17) is 21.1 Å². The maximum Gasteiger partial charge on any atom is 0.303 e. The van der Waals surface area contributed by atoms with Gasteiger partial charge in [-0.1, -0.05) is 11.6 Å². The molecule has 1 aromatic heterocycles. The third kappa shape index (κ3) is 5.72. The van der Waals surface area contributed by atoms with Gasteiger partial charge in [-0.2, -0.15) is 0 Å². The van der Waals surface area contributed by atoms with Crippen molar-refractivity contribution >= 4 is 50.1 Å². The predicted molar refractivity (Wildman–Crippen MR) is 157 cm³/mol. The lowest BCUT2D eigenvalue weighted by molar-refractivity contribution is -0.147. The summed E-state index contributed by atoms with van der Waals surface area (Å²) in [5.41, 5.74) is -1.46. The van der Waals surface area contributed by atoms with Gasteiger partial charge >= 0.3 is 5.97 Å². The maximum absolute atomic E-state index is 15.8. The van der Waals surface area contributed by atoms with Crippen molar-refractivity contribution in [3.05, 3.63) is 70.6 Å². The van der Waals surface area contributed by atoms with E-state index >= 15 is 13.2 Å². The first-order valence-corrected chi connectivity index (χ1v) is 15.4. The van der Waals surface area contributed by atoms with Crippen LogP contribution < -0.4 is 20.1 Å². The molecule has 0 saturated carbocycles. The van der Waals surface area contributed by atoms with Gasteiger partial charge in [0.2, 0.25) is 5.95 Å². The smallest absolute Gasteiger partial charge is 0.303 e. The molecule has 3 heterocycles. The van der Waals surface area contributed by atoms with Crippen molar-refractivity contribution in [3.8, 4) is 16.9 Å². The average molecular weight is 648 g/mol. The Kier molecular flexibility index (Phi) is 7.99. The van der Waals surface area contributed by atoms with Crippen molar-refractivity contribution < 1.29 is 35.9 Å². The molecule has 10 nitrogen and oxygen atoms in total. The molecule has 3 N–H and O–H groups in total. The number of aromatic nitrogens is 2. The molecule has 0 spiro atoms. The van der Waals surface area contributed by atoms with Gasteiger partial charge < -0.3 is 20.1 Å². The summed E-state index contributed by atoms with van der Waals surface area (Å²) in [6, 6.07) is 6.90. The minimum absolute atomic E-state index is 0.0124. The van der Waals surface area contributed by atoms with E-state index in [2.05, 4.69) is 25.3 Å². The number of ether oxygens (including phenoxy) is 2. The van der Waals surface area contributed by atoms with Crippen LogP contribution in [-0.2, 0) is 19.6 Å². The van der Waals surface area contributed by atoms with Gasteiger partial charge in [0.15, 0.2) is 11.9 Å². The molecule has 1 fully saturated rings. The van der Waals surface area contributed by atoms with Crippen LogP contribution in [0.4, 0.5) is 24.8 Å². The highest BCUT2D eigenvalue weighted by Crippen LogP contribution is 2.43. The second-order valence-electron chi connectivity index (χ2n) is 10.3. The standard InChI is InChI=1S/C29H25ClF3N5O5S/c1-14(39)43-23-13-42-28-18(23)10-15(30)11-24(28)44(40,41)38-22-5-3-20(31)25(27(22)33)17-2-4-21-19(26(17)32)12-35-29(37-21)36-16-6-8-34-9-7-16/h2-5,10-12,16,23,34,38H,6-9,13H2,1H3,(H,35,36,37)/t23-/m1/s1. The molecule has 0 bridgehead atoms. The molecule has 0 radical (unpaired) electrons. The van der Waals surface area contributed by atoms with E-state index in [1.54, 1.807) is 0 Å². The molecule has 0 unspecified atom stereocenters. The van der Waals surface area contributed by atoms with Crippen LogP contribution in [0.15, 0.2) is 47.5 Å². The van der Waals surface area contributed by atoms with Gasteiger partial charge in [-0.3, -0.25) is 9.52 Å². The number of nitrogens with one attached hydrogen (secondary N) is 3. The van der Waals surface area contributed by atoms with Crippen molar-refractivity contribution in [3.63, 3.8) is 0 Å². The first-order chi connectivity index (χ1) is 21.0. The van der Waals surface area contributed by atoms with Gasteiger partial charge in [0.05, 0.1) is 22.2 Å². The topological polar surface area (TPSA) is 132 Å². The summed E-state index contributed by atoms with van der Waals surface area (Å²) >= 11 is 6.15. The van der Waals surface area contributed by atoms with Gasteiger partial charge in [0.25, 0.3) is 10.0 Å². The lowest BCUT2D eigenvalue weighted by Gasteiger charge is -2.23. The number of carbonyl (C=O) groups excluding carboxylic acids is 1. The third-order valence-electron chi connectivity index (χ3n) is 7.35. The summed E-state index contributed by atoms with van der Waals surface area (Å²) in [4.78, 5) is 19.5. The van der Waals surface area contributed by atoms with E-state index in [-0.39, 0.29) is 39.9 Å². The van der Waals surface area contributed by atoms with Gasteiger partial charge in [0, 0.05) is 35.3 Å². The molecule has 2 aliphatic rings. The average Bonchev–Trinajstić information content (AvgIpc) is 3.37. The number of nitrogens with zero attached hydrogens (tertiary/aromatic N) is 2. The number of piperidine rings is 1. The number of halogens is 4. The van der Waals surface area contributed by atoms with Crippen molar-refractivity contribution in [1.29, 1.82) is 0 Å². The van der Waals surface area contributed by atoms with Crippen LogP contribution in [0.25, 0.3) is 22.0 Å². The van der Waals surface area contributed by atoms with Crippen molar-refractivity contribution in [2.45, 2.75) is 36.8 Å². The minimum atomic E-state index is -4.60. The lowest BCUT2D eigenvalue weighted by Crippen LogP contribution is -2.35. The van der Waals surface area contributed by atoms with Crippen molar-refractivity contribution in [2.75, 3.05) is 29.7 Å². The molecule has 4 aromatic rings. The Morgan fingerprint density at radius 2 is 1.89 bits per heavy atom. The van der Waals surface area contributed by atoms with E-state index in [0.29, 0.717) is 5.95 Å². The third-order valence-corrected chi connectivity index (χ3v) is 8.94. The number of anilines is 2. The number of rotatable bonds is 7.